The van der Waals surface area contributed by atoms with Gasteiger partial charge in [-0.25, -0.2) is 21.9 Å². The first kappa shape index (κ1) is 16.2. The fraction of sp³-hybridized carbons (Fsp3) is 0.500. The molecule has 0 aromatic heterocycles. The number of nitrogens with one attached hydrogen (secondary N) is 1. The second kappa shape index (κ2) is 6.75. The topological polar surface area (TPSA) is 90.7 Å². The third-order valence-electron chi connectivity index (χ3n) is 3.03. The first-order chi connectivity index (χ1) is 9.95. The normalized spacial score (nSPS) is 19.7. The second-order valence-electron chi connectivity index (χ2n) is 4.46. The fourth-order valence-electron chi connectivity index (χ4n) is 1.91. The van der Waals surface area contributed by atoms with Crippen LogP contribution in [0.5, 0.6) is 0 Å². The fourth-order valence-corrected chi connectivity index (χ4v) is 3.07. The molecule has 1 saturated heterocycles. The van der Waals surface area contributed by atoms with Gasteiger partial charge in [-0.2, -0.15) is 0 Å². The summed E-state index contributed by atoms with van der Waals surface area (Å²) in [5.41, 5.74) is 4.76. The van der Waals surface area contributed by atoms with Crippen LogP contribution in [0.1, 0.15) is 5.56 Å². The van der Waals surface area contributed by atoms with Crippen LogP contribution in [0.4, 0.5) is 8.78 Å². The molecule has 1 aliphatic rings. The summed E-state index contributed by atoms with van der Waals surface area (Å²) in [6.45, 7) is 0.588. The molecule has 1 heterocycles. The predicted molar refractivity (Wildman–Crippen MR) is 70.0 cm³/mol. The van der Waals surface area contributed by atoms with Gasteiger partial charge in [0.05, 0.1) is 25.9 Å². The van der Waals surface area contributed by atoms with Crippen LogP contribution in [0.3, 0.4) is 0 Å². The summed E-state index contributed by atoms with van der Waals surface area (Å²) in [7, 11) is -4.12. The minimum Gasteiger partial charge on any atom is -0.376 e. The maximum Gasteiger partial charge on any atom is 0.243 e. The summed E-state index contributed by atoms with van der Waals surface area (Å²) in [6, 6.07) is 1.74. The molecule has 0 amide bonds. The van der Waals surface area contributed by atoms with Crippen molar-refractivity contribution in [1.29, 1.82) is 0 Å². The van der Waals surface area contributed by atoms with Crippen molar-refractivity contribution in [3.05, 3.63) is 29.3 Å². The average molecular weight is 322 g/mol. The van der Waals surface area contributed by atoms with E-state index in [1.54, 1.807) is 0 Å². The predicted octanol–water partition coefficient (Wildman–Crippen LogP) is 0.117. The maximum atomic E-state index is 14.0. The zero-order chi connectivity index (χ0) is 15.5. The molecular weight excluding hydrogens is 306 g/mol. The molecule has 3 N–H and O–H groups in total. The lowest BCUT2D eigenvalue weighted by molar-refractivity contribution is -0.0847. The lowest BCUT2D eigenvalue weighted by Gasteiger charge is -2.23. The van der Waals surface area contributed by atoms with Crippen molar-refractivity contribution in [3.63, 3.8) is 0 Å². The van der Waals surface area contributed by atoms with Crippen LogP contribution in [0.2, 0.25) is 0 Å². The Kier molecular flexibility index (Phi) is 5.22. The van der Waals surface area contributed by atoms with E-state index in [2.05, 4.69) is 4.72 Å². The minimum absolute atomic E-state index is 0.0584. The number of nitrogens with two attached hydrogens (primary N) is 1. The van der Waals surface area contributed by atoms with E-state index < -0.39 is 44.8 Å². The van der Waals surface area contributed by atoms with E-state index in [9.17, 15) is 17.2 Å². The van der Waals surface area contributed by atoms with Gasteiger partial charge >= 0.3 is 0 Å². The van der Waals surface area contributed by atoms with Gasteiger partial charge in [-0.1, -0.05) is 0 Å². The van der Waals surface area contributed by atoms with Gasteiger partial charge in [0.15, 0.2) is 5.82 Å². The molecular formula is C12H16F2N2O4S. The summed E-state index contributed by atoms with van der Waals surface area (Å²) >= 11 is 0. The van der Waals surface area contributed by atoms with E-state index in [1.807, 2.05) is 0 Å². The molecule has 9 heteroatoms. The van der Waals surface area contributed by atoms with Crippen LogP contribution < -0.4 is 10.5 Å². The molecule has 0 saturated carbocycles. The molecule has 1 aromatic carbocycles. The smallest absolute Gasteiger partial charge is 0.243 e. The number of rotatable bonds is 5. The Hall–Kier alpha value is -1.13. The summed E-state index contributed by atoms with van der Waals surface area (Å²) in [5.74, 6) is -2.05. The zero-order valence-corrected chi connectivity index (χ0v) is 12.0. The molecule has 1 unspecified atom stereocenters. The Balaban J connectivity index is 2.15. The van der Waals surface area contributed by atoms with Crippen LogP contribution in [-0.4, -0.2) is 40.9 Å². The van der Waals surface area contributed by atoms with E-state index in [-0.39, 0.29) is 13.2 Å². The Morgan fingerprint density at radius 3 is 2.71 bits per heavy atom. The number of hydrogen-bond donors (Lipinski definition) is 2. The summed E-state index contributed by atoms with van der Waals surface area (Å²) < 4.78 is 64.1. The number of halogens is 2. The van der Waals surface area contributed by atoms with Crippen LogP contribution >= 0.6 is 0 Å². The van der Waals surface area contributed by atoms with Crippen molar-refractivity contribution in [2.24, 2.45) is 5.73 Å². The van der Waals surface area contributed by atoms with E-state index in [1.165, 1.54) is 0 Å². The summed E-state index contributed by atoms with van der Waals surface area (Å²) in [4.78, 5) is -0.638. The molecule has 1 aliphatic heterocycles. The third kappa shape index (κ3) is 3.74. The van der Waals surface area contributed by atoms with Gasteiger partial charge in [-0.05, 0) is 12.1 Å². The summed E-state index contributed by atoms with van der Waals surface area (Å²) in [6.07, 6.45) is -0.439. The first-order valence-corrected chi connectivity index (χ1v) is 7.80. The van der Waals surface area contributed by atoms with Gasteiger partial charge in [0.25, 0.3) is 0 Å². The van der Waals surface area contributed by atoms with Gasteiger partial charge in [0, 0.05) is 18.7 Å². The molecule has 6 nitrogen and oxygen atoms in total. The molecule has 118 valence electrons. The maximum absolute atomic E-state index is 14.0. The Labute approximate surface area is 121 Å². The molecule has 0 spiro atoms. The van der Waals surface area contributed by atoms with Crippen molar-refractivity contribution in [3.8, 4) is 0 Å². The van der Waals surface area contributed by atoms with E-state index in [0.29, 0.717) is 13.2 Å². The molecule has 1 atom stereocenters. The van der Waals surface area contributed by atoms with Crippen molar-refractivity contribution in [2.75, 3.05) is 26.4 Å². The molecule has 0 radical (unpaired) electrons. The van der Waals surface area contributed by atoms with Crippen LogP contribution in [0.25, 0.3) is 0 Å². The van der Waals surface area contributed by atoms with Crippen LogP contribution in [0.15, 0.2) is 17.0 Å². The Bertz CT molecular complexity index is 604. The van der Waals surface area contributed by atoms with E-state index >= 15 is 0 Å². The zero-order valence-electron chi connectivity index (χ0n) is 11.1. The number of sulfonamides is 1. The third-order valence-corrected chi connectivity index (χ3v) is 4.47. The quantitative estimate of drug-likeness (QED) is 0.803. The monoisotopic (exact) mass is 322 g/mol. The van der Waals surface area contributed by atoms with Crippen molar-refractivity contribution < 1.29 is 26.7 Å². The Morgan fingerprint density at radius 2 is 2.10 bits per heavy atom. The Morgan fingerprint density at radius 1 is 1.33 bits per heavy atom. The molecule has 0 aliphatic carbocycles. The van der Waals surface area contributed by atoms with Gasteiger partial charge in [0.2, 0.25) is 10.0 Å². The van der Waals surface area contributed by atoms with E-state index in [4.69, 9.17) is 15.2 Å². The highest BCUT2D eigenvalue weighted by Crippen LogP contribution is 2.20. The van der Waals surface area contributed by atoms with Crippen molar-refractivity contribution >= 4 is 10.0 Å². The van der Waals surface area contributed by atoms with Crippen molar-refractivity contribution in [1.82, 2.24) is 4.72 Å². The number of benzene rings is 1. The van der Waals surface area contributed by atoms with Gasteiger partial charge in [-0.15, -0.1) is 0 Å². The highest BCUT2D eigenvalue weighted by molar-refractivity contribution is 7.89. The number of ether oxygens (including phenoxy) is 2. The molecule has 1 aromatic rings. The molecule has 0 bridgehead atoms. The largest absolute Gasteiger partial charge is 0.376 e. The highest BCUT2D eigenvalue weighted by Gasteiger charge is 2.25. The number of hydrogen-bond acceptors (Lipinski definition) is 5. The summed E-state index contributed by atoms with van der Waals surface area (Å²) in [5, 5.41) is 0. The molecule has 2 rings (SSSR count). The highest BCUT2D eigenvalue weighted by atomic mass is 32.2. The second-order valence-corrected chi connectivity index (χ2v) is 6.20. The standard InChI is InChI=1S/C12H16F2N2O4S/c13-10-1-2-11(12(14)9(10)5-15)21(17,18)16-6-8-7-19-3-4-20-8/h1-2,8,16H,3-7,15H2. The average Bonchev–Trinajstić information content (AvgIpc) is 2.46. The van der Waals surface area contributed by atoms with Gasteiger partial charge in [0.1, 0.15) is 10.7 Å². The van der Waals surface area contributed by atoms with E-state index in [0.717, 1.165) is 12.1 Å². The lowest BCUT2D eigenvalue weighted by Crippen LogP contribution is -2.40. The first-order valence-electron chi connectivity index (χ1n) is 6.31. The van der Waals surface area contributed by atoms with Crippen LogP contribution in [0, 0.1) is 11.6 Å². The van der Waals surface area contributed by atoms with Gasteiger partial charge in [-0.3, -0.25) is 0 Å². The minimum atomic E-state index is -4.12. The SMILES string of the molecule is NCc1c(F)ccc(S(=O)(=O)NCC2COCCO2)c1F. The molecule has 21 heavy (non-hydrogen) atoms. The molecule has 1 fully saturated rings. The van der Waals surface area contributed by atoms with Crippen LogP contribution in [-0.2, 0) is 26.0 Å². The lowest BCUT2D eigenvalue weighted by atomic mass is 10.2. The van der Waals surface area contributed by atoms with Gasteiger partial charge < -0.3 is 15.2 Å². The van der Waals surface area contributed by atoms with Crippen molar-refractivity contribution in [2.45, 2.75) is 17.5 Å².